The minimum absolute atomic E-state index is 0.125. The predicted octanol–water partition coefficient (Wildman–Crippen LogP) is 12.2. The largest absolute Gasteiger partial charge is 0.521 e. The molecule has 19 heteroatoms. The average Bonchev–Trinajstić information content (AvgIpc) is 3.34. The number of carbonyl (C=O) groups excluding carboxylic acids is 3. The van der Waals surface area contributed by atoms with E-state index in [9.17, 15) is 19.5 Å². The van der Waals surface area contributed by atoms with Gasteiger partial charge in [0.25, 0.3) is 0 Å². The molecule has 438 valence electrons. The molecule has 14 nitrogen and oxygen atoms in total. The summed E-state index contributed by atoms with van der Waals surface area (Å²) < 4.78 is 47.5. The van der Waals surface area contributed by atoms with Gasteiger partial charge in [0, 0.05) is 56.1 Å². The van der Waals surface area contributed by atoms with E-state index in [1.165, 1.54) is 19.4 Å². The molecule has 0 radical (unpaired) electrons. The van der Waals surface area contributed by atoms with Gasteiger partial charge in [-0.05, 0) is 200 Å². The summed E-state index contributed by atoms with van der Waals surface area (Å²) in [6.45, 7) is 48.6. The number of rotatable bonds is 27. The standard InChI is InChI=1S/C23H44O5Si3.C19H33NO4Si2.C17H23NO3/c1-23(2,25)22(24)21-15-13-20(14-16-21)12-10-17-26-18-11-19-31(9,27-29(3,4)5)28-30(6,7)8;1-19(2,20-12-14-22-15-13-20)18(21)16-8-10-17(11-9-16)23-26(6,7)24-25(3,4)5;1-4-11-21-15-7-5-14(6-8-15)16(19)17(2,3)18-9-12-20-13-10-18/h13-16,25H,10-12,17-19H2,1-9H3;8-11H,12-15H2,1-7H3;4-8H,1,9-13H2,2-3H3. The Labute approximate surface area is 475 Å². The summed E-state index contributed by atoms with van der Waals surface area (Å²) in [5.74, 6) is 1.51. The third-order valence-electron chi connectivity index (χ3n) is 12.7. The van der Waals surface area contributed by atoms with Crippen LogP contribution in [-0.2, 0) is 33.0 Å². The maximum absolute atomic E-state index is 13.0. The van der Waals surface area contributed by atoms with E-state index in [2.05, 4.69) is 94.9 Å². The lowest BCUT2D eigenvalue weighted by Gasteiger charge is -2.39. The van der Waals surface area contributed by atoms with Gasteiger partial charge in [-0.3, -0.25) is 24.2 Å². The van der Waals surface area contributed by atoms with Crippen LogP contribution in [0.15, 0.2) is 85.5 Å². The Balaban J connectivity index is 0.000000313. The van der Waals surface area contributed by atoms with Crippen molar-refractivity contribution in [1.82, 2.24) is 9.80 Å². The van der Waals surface area contributed by atoms with Gasteiger partial charge in [-0.2, -0.15) is 0 Å². The number of carbonyl (C=O) groups is 3. The lowest BCUT2D eigenvalue weighted by molar-refractivity contribution is -0.00443. The molecule has 3 aromatic carbocycles. The zero-order chi connectivity index (χ0) is 58.8. The number of hydrogen-bond donors (Lipinski definition) is 1. The fraction of sp³-hybridized carbons (Fsp3) is 0.610. The van der Waals surface area contributed by atoms with Crippen LogP contribution in [0, 0.1) is 0 Å². The highest BCUT2D eigenvalue weighted by atomic mass is 28.5. The molecule has 1 N–H and O–H groups in total. The topological polar surface area (TPSA) is 152 Å². The van der Waals surface area contributed by atoms with E-state index in [0.717, 1.165) is 69.6 Å². The average molecular weight is 1170 g/mol. The van der Waals surface area contributed by atoms with E-state index in [0.29, 0.717) is 56.3 Å². The lowest BCUT2D eigenvalue weighted by atomic mass is 9.91. The first kappa shape index (κ1) is 69.0. The second kappa shape index (κ2) is 30.2. The lowest BCUT2D eigenvalue weighted by Crippen LogP contribution is -2.54. The highest BCUT2D eigenvalue weighted by Gasteiger charge is 2.41. The van der Waals surface area contributed by atoms with Gasteiger partial charge in [-0.1, -0.05) is 36.9 Å². The molecule has 0 aliphatic carbocycles. The zero-order valence-electron chi connectivity index (χ0n) is 51.2. The molecular weight excluding hydrogens is 1070 g/mol. The first-order chi connectivity index (χ1) is 36.0. The Morgan fingerprint density at radius 3 is 1.35 bits per heavy atom. The zero-order valence-corrected chi connectivity index (χ0v) is 56.2. The number of morpholine rings is 2. The van der Waals surface area contributed by atoms with Crippen LogP contribution < -0.4 is 9.16 Å². The Morgan fingerprint density at radius 1 is 0.564 bits per heavy atom. The van der Waals surface area contributed by atoms with E-state index in [-0.39, 0.29) is 17.3 Å². The van der Waals surface area contributed by atoms with Gasteiger partial charge in [0.2, 0.25) is 0 Å². The molecule has 2 aliphatic heterocycles. The Hall–Kier alpha value is -3.27. The Bertz CT molecular complexity index is 2290. The summed E-state index contributed by atoms with van der Waals surface area (Å²) in [6.07, 6.45) is 4.50. The summed E-state index contributed by atoms with van der Waals surface area (Å²) in [6, 6.07) is 23.2. The number of benzene rings is 3. The van der Waals surface area contributed by atoms with Crippen LogP contribution in [0.1, 0.15) is 91.0 Å². The van der Waals surface area contributed by atoms with Crippen LogP contribution >= 0.6 is 0 Å². The van der Waals surface area contributed by atoms with E-state index in [4.69, 9.17) is 35.7 Å². The second-order valence-corrected chi connectivity index (χ2v) is 46.2. The van der Waals surface area contributed by atoms with Crippen molar-refractivity contribution in [3.8, 4) is 11.5 Å². The van der Waals surface area contributed by atoms with Crippen molar-refractivity contribution in [3.05, 3.63) is 108 Å². The van der Waals surface area contributed by atoms with Crippen molar-refractivity contribution in [2.75, 3.05) is 72.4 Å². The summed E-state index contributed by atoms with van der Waals surface area (Å²) in [7, 11) is -9.36. The minimum Gasteiger partial charge on any atom is -0.521 e. The van der Waals surface area contributed by atoms with Crippen LogP contribution in [-0.4, -0.2) is 163 Å². The molecule has 0 atom stereocenters. The highest BCUT2D eigenvalue weighted by molar-refractivity contribution is 6.87. The molecule has 0 amide bonds. The molecular formula is C59H100N2O12Si5. The maximum Gasteiger partial charge on any atom is 0.382 e. The normalized spacial score (nSPS) is 15.5. The van der Waals surface area contributed by atoms with Crippen molar-refractivity contribution in [3.63, 3.8) is 0 Å². The molecule has 2 aliphatic rings. The molecule has 2 saturated heterocycles. The van der Waals surface area contributed by atoms with Crippen LogP contribution in [0.5, 0.6) is 11.5 Å². The molecule has 3 aromatic rings. The van der Waals surface area contributed by atoms with Gasteiger partial charge in [-0.25, -0.2) is 0 Å². The molecule has 0 saturated carbocycles. The summed E-state index contributed by atoms with van der Waals surface area (Å²) >= 11 is 0. The van der Waals surface area contributed by atoms with Gasteiger partial charge >= 0.3 is 17.1 Å². The summed E-state index contributed by atoms with van der Waals surface area (Å²) in [4.78, 5) is 42.2. The smallest absolute Gasteiger partial charge is 0.382 e. The monoisotopic (exact) mass is 1170 g/mol. The molecule has 78 heavy (non-hydrogen) atoms. The van der Waals surface area contributed by atoms with E-state index in [1.54, 1.807) is 18.2 Å². The number of aryl methyl sites for hydroxylation is 1. The van der Waals surface area contributed by atoms with Gasteiger partial charge in [0.15, 0.2) is 42.3 Å². The number of ether oxygens (including phenoxy) is 4. The van der Waals surface area contributed by atoms with Gasteiger partial charge in [-0.15, -0.1) is 0 Å². The van der Waals surface area contributed by atoms with Crippen LogP contribution in [0.25, 0.3) is 0 Å². The molecule has 5 rings (SSSR count). The first-order valence-electron chi connectivity index (χ1n) is 27.9. The molecule has 0 spiro atoms. The maximum atomic E-state index is 13.0. The molecule has 2 heterocycles. The Morgan fingerprint density at radius 2 is 0.949 bits per heavy atom. The van der Waals surface area contributed by atoms with Crippen molar-refractivity contribution in [2.45, 2.75) is 162 Å². The summed E-state index contributed by atoms with van der Waals surface area (Å²) in [5.41, 5.74) is 0.726. The van der Waals surface area contributed by atoms with Crippen LogP contribution in [0.3, 0.4) is 0 Å². The van der Waals surface area contributed by atoms with Gasteiger partial charge in [0.1, 0.15) is 23.7 Å². The number of Topliss-reactive ketones (excluding diaryl/α,β-unsaturated/α-hetero) is 3. The second-order valence-electron chi connectivity index (χ2n) is 25.3. The van der Waals surface area contributed by atoms with E-state index in [1.807, 2.05) is 88.4 Å². The molecule has 0 unspecified atom stereocenters. The predicted molar refractivity (Wildman–Crippen MR) is 329 cm³/mol. The van der Waals surface area contributed by atoms with Crippen molar-refractivity contribution >= 4 is 59.4 Å². The quantitative estimate of drug-likeness (QED) is 0.0333. The highest BCUT2D eigenvalue weighted by Crippen LogP contribution is 2.28. The third-order valence-corrected chi connectivity index (χ3v) is 27.5. The minimum atomic E-state index is -2.23. The van der Waals surface area contributed by atoms with Crippen molar-refractivity contribution in [1.29, 1.82) is 0 Å². The number of ketones is 3. The van der Waals surface area contributed by atoms with Gasteiger partial charge in [0.05, 0.1) is 37.5 Å². The third kappa shape index (κ3) is 24.8. The van der Waals surface area contributed by atoms with Crippen LogP contribution in [0.2, 0.25) is 84.6 Å². The SMILES string of the molecule is C=CCOc1ccc(C(=O)C(C)(C)N2CCOCC2)cc1.CC(C)(C(=O)c1ccc(O[Si](C)(C)O[Si](C)(C)C)cc1)N1CCOCC1.CC(C)(O)C(=O)c1ccc(CCCOCCC[Si](C)(O[Si](C)(C)C)O[Si](C)(C)C)cc1. The molecule has 2 fully saturated rings. The molecule has 0 bridgehead atoms. The van der Waals surface area contributed by atoms with Crippen molar-refractivity contribution in [2.24, 2.45) is 0 Å². The molecule has 0 aromatic heterocycles. The van der Waals surface area contributed by atoms with Crippen LogP contribution in [0.4, 0.5) is 0 Å². The fourth-order valence-electron chi connectivity index (χ4n) is 9.38. The van der Waals surface area contributed by atoms with Gasteiger partial charge < -0.3 is 40.8 Å². The van der Waals surface area contributed by atoms with E-state index < -0.39 is 58.8 Å². The van der Waals surface area contributed by atoms with Crippen molar-refractivity contribution < 1.29 is 55.2 Å². The fourth-order valence-corrected chi connectivity index (χ4v) is 28.7. The first-order valence-corrected chi connectivity index (χ1v) is 43.5. The number of hydrogen-bond acceptors (Lipinski definition) is 14. The Kier molecular flexibility index (Phi) is 26.7. The number of aliphatic hydroxyl groups is 1. The number of nitrogens with zero attached hydrogens (tertiary/aromatic N) is 2. The van der Waals surface area contributed by atoms with E-state index >= 15 is 0 Å². The summed E-state index contributed by atoms with van der Waals surface area (Å²) in [5, 5.41) is 9.84.